The van der Waals surface area contributed by atoms with Gasteiger partial charge in [-0.1, -0.05) is 55.8 Å². The van der Waals surface area contributed by atoms with Gasteiger partial charge in [-0.15, -0.1) is 0 Å². The van der Waals surface area contributed by atoms with E-state index in [1.165, 1.54) is 62.8 Å². The molecule has 3 heteroatoms. The Hall–Kier alpha value is -3.33. The maximum atomic E-state index is 11.5. The molecule has 0 fully saturated rings. The lowest BCUT2D eigenvalue weighted by molar-refractivity contribution is 0.1000. The van der Waals surface area contributed by atoms with Gasteiger partial charge in [-0.25, -0.2) is 0 Å². The number of aromatic nitrogens is 1. The first kappa shape index (κ1) is 18.7. The minimum absolute atomic E-state index is 0.370. The Balaban J connectivity index is 1.52. The molecule has 0 saturated carbocycles. The van der Waals surface area contributed by atoms with Crippen LogP contribution in [0.4, 0.5) is 0 Å². The first-order valence-corrected chi connectivity index (χ1v) is 10.8. The third-order valence-corrected chi connectivity index (χ3v) is 6.32. The molecule has 3 N–H and O–H groups in total. The van der Waals surface area contributed by atoms with E-state index in [1.54, 1.807) is 0 Å². The normalized spacial score (nSPS) is 12.6. The second-order valence-electron chi connectivity index (χ2n) is 8.28. The van der Waals surface area contributed by atoms with Crippen LogP contribution in [0.1, 0.15) is 46.8 Å². The second kappa shape index (κ2) is 7.49. The van der Waals surface area contributed by atoms with Crippen molar-refractivity contribution in [1.29, 1.82) is 0 Å². The number of hydrogen-bond acceptors (Lipinski definition) is 1. The van der Waals surface area contributed by atoms with Crippen LogP contribution < -0.4 is 5.73 Å². The standard InChI is InChI=1S/C27H26N2O/c1-2-3-4-17-5-7-18(8-6-17)19-9-13-23-24-14-10-20-15-21(27(28)30)11-12-22(20)26(24)29-25(23)16-19/h5-9,11-13,15-16,29H,2-4,10,14H2,1H3,(H2,28,30). The lowest BCUT2D eigenvalue weighted by Gasteiger charge is -2.17. The molecule has 1 aromatic heterocycles. The molecule has 3 aromatic carbocycles. The van der Waals surface area contributed by atoms with Crippen LogP contribution in [-0.4, -0.2) is 10.9 Å². The minimum atomic E-state index is -0.370. The van der Waals surface area contributed by atoms with Crippen molar-refractivity contribution in [1.82, 2.24) is 4.98 Å². The molecule has 0 atom stereocenters. The highest BCUT2D eigenvalue weighted by Gasteiger charge is 2.21. The van der Waals surface area contributed by atoms with Crippen LogP contribution in [0.15, 0.2) is 60.7 Å². The Kier molecular flexibility index (Phi) is 4.66. The number of benzene rings is 3. The zero-order valence-electron chi connectivity index (χ0n) is 17.3. The van der Waals surface area contributed by atoms with Crippen molar-refractivity contribution in [3.63, 3.8) is 0 Å². The van der Waals surface area contributed by atoms with Gasteiger partial charge in [0, 0.05) is 27.7 Å². The predicted octanol–water partition coefficient (Wildman–Crippen LogP) is 6.04. The van der Waals surface area contributed by atoms with E-state index in [1.807, 2.05) is 18.2 Å². The molecule has 150 valence electrons. The number of aromatic amines is 1. The first-order valence-electron chi connectivity index (χ1n) is 10.8. The van der Waals surface area contributed by atoms with Gasteiger partial charge in [0.15, 0.2) is 0 Å². The highest BCUT2D eigenvalue weighted by molar-refractivity contribution is 5.97. The van der Waals surface area contributed by atoms with Crippen molar-refractivity contribution >= 4 is 16.8 Å². The number of aryl methyl sites for hydroxylation is 3. The molecule has 1 amide bonds. The number of primary amides is 1. The minimum Gasteiger partial charge on any atom is -0.366 e. The molecule has 30 heavy (non-hydrogen) atoms. The Morgan fingerprint density at radius 2 is 1.77 bits per heavy atom. The summed E-state index contributed by atoms with van der Waals surface area (Å²) in [5.74, 6) is -0.370. The maximum absolute atomic E-state index is 11.5. The van der Waals surface area contributed by atoms with Crippen molar-refractivity contribution < 1.29 is 4.79 Å². The number of nitrogens with one attached hydrogen (secondary N) is 1. The van der Waals surface area contributed by atoms with E-state index >= 15 is 0 Å². The van der Waals surface area contributed by atoms with E-state index in [0.29, 0.717) is 5.56 Å². The topological polar surface area (TPSA) is 58.9 Å². The smallest absolute Gasteiger partial charge is 0.248 e. The molecule has 4 aromatic rings. The summed E-state index contributed by atoms with van der Waals surface area (Å²) in [6.07, 6.45) is 5.51. The molecule has 1 aliphatic rings. The Morgan fingerprint density at radius 3 is 2.53 bits per heavy atom. The van der Waals surface area contributed by atoms with Crippen molar-refractivity contribution in [3.05, 3.63) is 82.9 Å². The number of nitrogens with two attached hydrogens (primary N) is 1. The zero-order chi connectivity index (χ0) is 20.7. The number of carbonyl (C=O) groups excluding carboxylic acids is 1. The Morgan fingerprint density at radius 1 is 0.967 bits per heavy atom. The van der Waals surface area contributed by atoms with E-state index in [-0.39, 0.29) is 5.91 Å². The average molecular weight is 395 g/mol. The number of hydrogen-bond donors (Lipinski definition) is 2. The van der Waals surface area contributed by atoms with E-state index in [4.69, 9.17) is 5.73 Å². The third-order valence-electron chi connectivity index (χ3n) is 6.32. The molecule has 0 spiro atoms. The van der Waals surface area contributed by atoms with Crippen LogP contribution >= 0.6 is 0 Å². The van der Waals surface area contributed by atoms with E-state index < -0.39 is 0 Å². The molecular formula is C27H26N2O. The summed E-state index contributed by atoms with van der Waals surface area (Å²) in [7, 11) is 0. The molecule has 0 bridgehead atoms. The van der Waals surface area contributed by atoms with E-state index in [2.05, 4.69) is 54.4 Å². The molecular weight excluding hydrogens is 368 g/mol. The number of unbranched alkanes of at least 4 members (excludes halogenated alkanes) is 1. The number of carbonyl (C=O) groups is 1. The van der Waals surface area contributed by atoms with Gasteiger partial charge in [0.1, 0.15) is 0 Å². The molecule has 3 nitrogen and oxygen atoms in total. The summed E-state index contributed by atoms with van der Waals surface area (Å²) in [5, 5.41) is 1.29. The Bertz CT molecular complexity index is 1250. The third kappa shape index (κ3) is 3.21. The van der Waals surface area contributed by atoms with E-state index in [9.17, 15) is 4.79 Å². The quantitative estimate of drug-likeness (QED) is 0.426. The fraction of sp³-hybridized carbons (Fsp3) is 0.222. The van der Waals surface area contributed by atoms with Crippen LogP contribution in [0.5, 0.6) is 0 Å². The van der Waals surface area contributed by atoms with Crippen molar-refractivity contribution in [2.24, 2.45) is 5.73 Å². The van der Waals surface area contributed by atoms with Crippen LogP contribution in [-0.2, 0) is 19.3 Å². The zero-order valence-corrected chi connectivity index (χ0v) is 17.3. The highest BCUT2D eigenvalue weighted by atomic mass is 16.1. The number of fused-ring (bicyclic) bond motifs is 5. The van der Waals surface area contributed by atoms with Crippen molar-refractivity contribution in [3.8, 4) is 22.4 Å². The number of rotatable bonds is 5. The van der Waals surface area contributed by atoms with Crippen LogP contribution in [0.2, 0.25) is 0 Å². The SMILES string of the molecule is CCCCc1ccc(-c2ccc3c4c([nH]c3c2)-c2ccc(C(N)=O)cc2CC4)cc1. The highest BCUT2D eigenvalue weighted by Crippen LogP contribution is 2.39. The molecule has 1 aliphatic carbocycles. The monoisotopic (exact) mass is 394 g/mol. The summed E-state index contributed by atoms with van der Waals surface area (Å²) < 4.78 is 0. The lowest BCUT2D eigenvalue weighted by Crippen LogP contribution is -2.12. The van der Waals surface area contributed by atoms with Gasteiger partial charge in [0.05, 0.1) is 0 Å². The van der Waals surface area contributed by atoms with Gasteiger partial charge in [-0.05, 0) is 71.7 Å². The fourth-order valence-electron chi connectivity index (χ4n) is 4.63. The molecule has 0 aliphatic heterocycles. The number of H-pyrrole nitrogens is 1. The molecule has 1 heterocycles. The lowest BCUT2D eigenvalue weighted by atomic mass is 9.88. The van der Waals surface area contributed by atoms with Crippen LogP contribution in [0.25, 0.3) is 33.3 Å². The summed E-state index contributed by atoms with van der Waals surface area (Å²) >= 11 is 0. The summed E-state index contributed by atoms with van der Waals surface area (Å²) in [5.41, 5.74) is 16.0. The average Bonchev–Trinajstić information content (AvgIpc) is 3.15. The molecule has 0 unspecified atom stereocenters. The summed E-state index contributed by atoms with van der Waals surface area (Å²) in [4.78, 5) is 15.2. The van der Waals surface area contributed by atoms with Gasteiger partial charge in [0.2, 0.25) is 5.91 Å². The summed E-state index contributed by atoms with van der Waals surface area (Å²) in [6, 6.07) is 21.5. The predicted molar refractivity (Wildman–Crippen MR) is 124 cm³/mol. The molecule has 5 rings (SSSR count). The maximum Gasteiger partial charge on any atom is 0.248 e. The second-order valence-corrected chi connectivity index (χ2v) is 8.28. The van der Waals surface area contributed by atoms with Crippen molar-refractivity contribution in [2.45, 2.75) is 39.0 Å². The van der Waals surface area contributed by atoms with Gasteiger partial charge in [-0.3, -0.25) is 4.79 Å². The van der Waals surface area contributed by atoms with Gasteiger partial charge in [-0.2, -0.15) is 0 Å². The molecule has 0 radical (unpaired) electrons. The van der Waals surface area contributed by atoms with E-state index in [0.717, 1.165) is 19.3 Å². The Labute approximate surface area is 176 Å². The van der Waals surface area contributed by atoms with Gasteiger partial charge >= 0.3 is 0 Å². The molecule has 0 saturated heterocycles. The van der Waals surface area contributed by atoms with Crippen LogP contribution in [0, 0.1) is 0 Å². The van der Waals surface area contributed by atoms with Crippen LogP contribution in [0.3, 0.4) is 0 Å². The van der Waals surface area contributed by atoms with Gasteiger partial charge in [0.25, 0.3) is 0 Å². The number of amides is 1. The fourth-order valence-corrected chi connectivity index (χ4v) is 4.63. The largest absolute Gasteiger partial charge is 0.366 e. The van der Waals surface area contributed by atoms with Crippen molar-refractivity contribution in [2.75, 3.05) is 0 Å². The first-order chi connectivity index (χ1) is 14.6. The van der Waals surface area contributed by atoms with Gasteiger partial charge < -0.3 is 10.7 Å². The summed E-state index contributed by atoms with van der Waals surface area (Å²) in [6.45, 7) is 2.23.